The normalized spacial score (nSPS) is 14.9. The number of allylic oxidation sites excluding steroid dienone is 4. The summed E-state index contributed by atoms with van der Waals surface area (Å²) in [6, 6.07) is 0. The molecule has 0 saturated carbocycles. The fraction of sp³-hybridized carbons (Fsp3) is 0.948. The van der Waals surface area contributed by atoms with Gasteiger partial charge in [-0.1, -0.05) is 623 Å². The largest absolute Gasteiger partial charge is 0.466 e. The van der Waals surface area contributed by atoms with E-state index in [0.717, 1.165) is 50.4 Å². The first-order valence-electron chi connectivity index (χ1n) is 57.2. The van der Waals surface area contributed by atoms with Crippen molar-refractivity contribution >= 4 is 11.9 Å². The number of hydrogen-bond acceptors (Lipinski definition) is 4. The van der Waals surface area contributed by atoms with Crippen molar-refractivity contribution in [2.24, 2.45) is 23.7 Å². The van der Waals surface area contributed by atoms with Gasteiger partial charge in [-0.2, -0.15) is 0 Å². The first-order chi connectivity index (χ1) is 59.6. The number of carbonyl (C=O) groups excluding carboxylic acids is 2. The van der Waals surface area contributed by atoms with Crippen molar-refractivity contribution in [2.45, 2.75) is 670 Å². The van der Waals surface area contributed by atoms with Gasteiger partial charge in [0.25, 0.3) is 0 Å². The molecule has 0 bridgehead atoms. The van der Waals surface area contributed by atoms with Crippen LogP contribution < -0.4 is 0 Å². The quantitative estimate of drug-likeness (QED) is 0.0346. The van der Waals surface area contributed by atoms with Crippen LogP contribution in [0.2, 0.25) is 0 Å². The maximum absolute atomic E-state index is 12.6. The molecule has 1 rings (SSSR count). The fourth-order valence-electron chi connectivity index (χ4n) is 20.2. The maximum Gasteiger partial charge on any atom is 0.305 e. The monoisotopic (exact) mass is 1680 g/mol. The molecule has 4 atom stereocenters. The van der Waals surface area contributed by atoms with Crippen LogP contribution >= 0.6 is 0 Å². The molecule has 1 aliphatic rings. The van der Waals surface area contributed by atoms with Gasteiger partial charge in [0.2, 0.25) is 0 Å². The van der Waals surface area contributed by atoms with Crippen molar-refractivity contribution in [2.75, 3.05) is 13.2 Å². The molecule has 4 unspecified atom stereocenters. The highest BCUT2D eigenvalue weighted by Crippen LogP contribution is 2.43. The third-order valence-electron chi connectivity index (χ3n) is 28.5. The van der Waals surface area contributed by atoms with E-state index >= 15 is 0 Å². The van der Waals surface area contributed by atoms with E-state index in [2.05, 4.69) is 52.0 Å². The zero-order valence-corrected chi connectivity index (χ0v) is 83.4. The summed E-state index contributed by atoms with van der Waals surface area (Å²) in [5.74, 6) is 2.86. The van der Waals surface area contributed by atoms with Gasteiger partial charge in [0.1, 0.15) is 0 Å². The third-order valence-corrected chi connectivity index (χ3v) is 28.5. The molecular weight excluding hydrogens is 1460 g/mol. The topological polar surface area (TPSA) is 52.6 Å². The predicted octanol–water partition coefficient (Wildman–Crippen LogP) is 41.8. The molecule has 0 spiro atoms. The van der Waals surface area contributed by atoms with Gasteiger partial charge < -0.3 is 9.47 Å². The van der Waals surface area contributed by atoms with Gasteiger partial charge in [0, 0.05) is 12.8 Å². The molecule has 0 saturated heterocycles. The van der Waals surface area contributed by atoms with E-state index in [-0.39, 0.29) is 11.9 Å². The molecule has 0 aromatic heterocycles. The Morgan fingerprint density at radius 3 is 0.617 bits per heavy atom. The Kier molecular flexibility index (Phi) is 99.7. The Balaban J connectivity index is 2.02. The van der Waals surface area contributed by atoms with E-state index in [1.165, 1.54) is 591 Å². The number of hydrogen-bond donors (Lipinski definition) is 0. The second kappa shape index (κ2) is 103. The maximum atomic E-state index is 12.6. The standard InChI is InChI=1S/C116H224O4/c1-5-9-13-17-19-21-23-25-27-29-31-33-35-37-39-41-43-45-47-49-51-53-55-57-59-61-63-65-67-69-71-73-75-77-79-84-91-99-109-119-115(117)105-97-89-83-81-82-88-96-104-114-112(108-107-111(101-93-15-11-7-3)113(114)103-95-16-12-8-4)102-94-87-86-90-98-106-116(118)120-110-100-92-85-80-78-76-74-72-70-68-66-64-62-60-58-56-54-52-50-48-46-44-42-40-38-36-34-32-30-28-26-24-22-20-18-14-10-6-2/h96,104,107-108,111-114H,5-95,97-103,105-106,109-110H2,1-4H3. The van der Waals surface area contributed by atoms with Gasteiger partial charge in [-0.25, -0.2) is 0 Å². The summed E-state index contributed by atoms with van der Waals surface area (Å²) in [5.41, 5.74) is 0. The van der Waals surface area contributed by atoms with E-state index in [1.54, 1.807) is 0 Å². The highest BCUT2D eigenvalue weighted by Gasteiger charge is 2.34. The molecule has 0 fully saturated rings. The van der Waals surface area contributed by atoms with Crippen molar-refractivity contribution in [3.8, 4) is 0 Å². The average Bonchev–Trinajstić information content (AvgIpc) is 0.816. The Labute approximate surface area is 757 Å². The molecule has 0 N–H and O–H groups in total. The summed E-state index contributed by atoms with van der Waals surface area (Å²) >= 11 is 0. The van der Waals surface area contributed by atoms with Crippen LogP contribution in [0.5, 0.6) is 0 Å². The highest BCUT2D eigenvalue weighted by atomic mass is 16.5. The van der Waals surface area contributed by atoms with Crippen LogP contribution in [0.4, 0.5) is 0 Å². The Morgan fingerprint density at radius 2 is 0.375 bits per heavy atom. The zero-order chi connectivity index (χ0) is 85.8. The summed E-state index contributed by atoms with van der Waals surface area (Å²) in [6.07, 6.45) is 149. The highest BCUT2D eigenvalue weighted by molar-refractivity contribution is 5.69. The molecule has 0 aromatic carbocycles. The summed E-state index contributed by atoms with van der Waals surface area (Å²) in [4.78, 5) is 25.2. The van der Waals surface area contributed by atoms with E-state index in [0.29, 0.717) is 37.9 Å². The molecule has 4 heteroatoms. The lowest BCUT2D eigenvalue weighted by Crippen LogP contribution is -2.30. The predicted molar refractivity (Wildman–Crippen MR) is 539 cm³/mol. The molecule has 0 amide bonds. The minimum absolute atomic E-state index is 0.0214. The van der Waals surface area contributed by atoms with Crippen LogP contribution in [-0.2, 0) is 19.1 Å². The van der Waals surface area contributed by atoms with Crippen molar-refractivity contribution in [3.63, 3.8) is 0 Å². The van der Waals surface area contributed by atoms with E-state index in [9.17, 15) is 9.59 Å². The average molecular weight is 1680 g/mol. The van der Waals surface area contributed by atoms with Crippen molar-refractivity contribution in [1.29, 1.82) is 0 Å². The molecule has 0 heterocycles. The SMILES string of the molecule is CCCCCCCCCCCCCCCCCCCCCCCCCCCCCCCCCCCCCCCCOC(=O)CCCCCCCC=CC1C(CCCCCCCC(=O)OCCCCCCCCCCCCCCCCCCCCCCCCCCCCCCCCCCCCCCCC)C=CC(CCCCCC)C1CCCCCC. The number of rotatable bonds is 105. The van der Waals surface area contributed by atoms with Gasteiger partial charge >= 0.3 is 11.9 Å². The van der Waals surface area contributed by atoms with Gasteiger partial charge in [0.05, 0.1) is 13.2 Å². The lowest BCUT2D eigenvalue weighted by Gasteiger charge is -2.39. The zero-order valence-electron chi connectivity index (χ0n) is 83.4. The van der Waals surface area contributed by atoms with Crippen LogP contribution in [0.15, 0.2) is 24.3 Å². The van der Waals surface area contributed by atoms with Crippen LogP contribution in [0.25, 0.3) is 0 Å². The Bertz CT molecular complexity index is 1970. The van der Waals surface area contributed by atoms with Crippen LogP contribution in [-0.4, -0.2) is 25.2 Å². The first-order valence-corrected chi connectivity index (χ1v) is 57.2. The lowest BCUT2D eigenvalue weighted by molar-refractivity contribution is -0.144. The van der Waals surface area contributed by atoms with Crippen LogP contribution in [0.3, 0.4) is 0 Å². The molecule has 0 radical (unpaired) electrons. The molecule has 712 valence electrons. The van der Waals surface area contributed by atoms with Gasteiger partial charge in [-0.3, -0.25) is 9.59 Å². The molecule has 1 aliphatic carbocycles. The van der Waals surface area contributed by atoms with Crippen LogP contribution in [0, 0.1) is 23.7 Å². The van der Waals surface area contributed by atoms with Gasteiger partial charge in [-0.15, -0.1) is 0 Å². The molecule has 4 nitrogen and oxygen atoms in total. The van der Waals surface area contributed by atoms with Gasteiger partial charge in [0.15, 0.2) is 0 Å². The smallest absolute Gasteiger partial charge is 0.305 e. The summed E-state index contributed by atoms with van der Waals surface area (Å²) in [5, 5.41) is 0. The Hall–Kier alpha value is -1.58. The second-order valence-electron chi connectivity index (χ2n) is 40.3. The summed E-state index contributed by atoms with van der Waals surface area (Å²) < 4.78 is 11.4. The molecular formula is C116H224O4. The van der Waals surface area contributed by atoms with Crippen LogP contribution in [0.1, 0.15) is 670 Å². The molecule has 120 heavy (non-hydrogen) atoms. The van der Waals surface area contributed by atoms with Crippen molar-refractivity contribution in [1.82, 2.24) is 0 Å². The number of unbranched alkanes of at least 4 members (excludes halogenated alkanes) is 89. The third kappa shape index (κ3) is 89.8. The van der Waals surface area contributed by atoms with Gasteiger partial charge in [-0.05, 0) is 81.5 Å². The molecule has 0 aromatic rings. The van der Waals surface area contributed by atoms with E-state index in [1.807, 2.05) is 0 Å². The number of carbonyl (C=O) groups is 2. The van der Waals surface area contributed by atoms with Crippen molar-refractivity contribution in [3.05, 3.63) is 24.3 Å². The minimum atomic E-state index is 0.0214. The fourth-order valence-corrected chi connectivity index (χ4v) is 20.2. The minimum Gasteiger partial charge on any atom is -0.466 e. The molecule has 0 aliphatic heterocycles. The second-order valence-corrected chi connectivity index (χ2v) is 40.3. The lowest BCUT2D eigenvalue weighted by atomic mass is 9.66. The first kappa shape index (κ1) is 116. The number of ether oxygens (including phenoxy) is 2. The summed E-state index contributed by atoms with van der Waals surface area (Å²) in [7, 11) is 0. The Morgan fingerprint density at radius 1 is 0.200 bits per heavy atom. The van der Waals surface area contributed by atoms with Crippen molar-refractivity contribution < 1.29 is 19.1 Å². The summed E-state index contributed by atoms with van der Waals surface area (Å²) in [6.45, 7) is 10.5. The van der Waals surface area contributed by atoms with E-state index in [4.69, 9.17) is 9.47 Å². The number of esters is 2. The van der Waals surface area contributed by atoms with E-state index < -0.39 is 0 Å².